The molecule has 1 atom stereocenters. The van der Waals surface area contributed by atoms with Gasteiger partial charge >= 0.3 is 5.97 Å². The Morgan fingerprint density at radius 3 is 2.64 bits per heavy atom. The van der Waals surface area contributed by atoms with Crippen LogP contribution >= 0.6 is 11.3 Å². The molecule has 144 valence electrons. The van der Waals surface area contributed by atoms with Gasteiger partial charge in [-0.3, -0.25) is 4.79 Å². The predicted molar refractivity (Wildman–Crippen MR) is 105 cm³/mol. The first kappa shape index (κ1) is 19.7. The van der Waals surface area contributed by atoms with Gasteiger partial charge in [0.05, 0.1) is 0 Å². The van der Waals surface area contributed by atoms with Crippen LogP contribution < -0.4 is 0 Å². The maximum Gasteiger partial charge on any atom is 0.358 e. The van der Waals surface area contributed by atoms with Gasteiger partial charge in [-0.1, -0.05) is 42.5 Å². The van der Waals surface area contributed by atoms with Crippen molar-refractivity contribution in [1.29, 1.82) is 0 Å². The third-order valence-electron chi connectivity index (χ3n) is 4.05. The van der Waals surface area contributed by atoms with E-state index in [1.54, 1.807) is 24.6 Å². The van der Waals surface area contributed by atoms with Crippen molar-refractivity contribution in [3.8, 4) is 10.6 Å². The molecule has 3 aromatic rings. The maximum atomic E-state index is 13.3. The molecule has 7 heteroatoms. The molecule has 0 aliphatic rings. The molecule has 0 saturated heterocycles. The lowest BCUT2D eigenvalue weighted by molar-refractivity contribution is -0.139. The molecule has 2 aromatic carbocycles. The van der Waals surface area contributed by atoms with E-state index < -0.39 is 12.1 Å². The van der Waals surface area contributed by atoms with Crippen LogP contribution in [-0.2, 0) is 16.1 Å². The van der Waals surface area contributed by atoms with Crippen LogP contribution in [0, 0.1) is 5.82 Å². The number of benzene rings is 2. The number of hydrogen-bond donors (Lipinski definition) is 0. The molecule has 28 heavy (non-hydrogen) atoms. The highest BCUT2D eigenvalue weighted by Crippen LogP contribution is 2.23. The van der Waals surface area contributed by atoms with Gasteiger partial charge in [-0.2, -0.15) is 0 Å². The average Bonchev–Trinajstić information content (AvgIpc) is 3.18. The smallest absolute Gasteiger partial charge is 0.358 e. The number of amides is 1. The largest absolute Gasteiger partial charge is 0.448 e. The van der Waals surface area contributed by atoms with Gasteiger partial charge in [-0.15, -0.1) is 11.3 Å². The number of carbonyl (C=O) groups is 2. The van der Waals surface area contributed by atoms with Crippen molar-refractivity contribution in [1.82, 2.24) is 9.88 Å². The van der Waals surface area contributed by atoms with Gasteiger partial charge in [0.25, 0.3) is 5.91 Å². The number of rotatable bonds is 6. The summed E-state index contributed by atoms with van der Waals surface area (Å²) >= 11 is 1.33. The Morgan fingerprint density at radius 2 is 1.93 bits per heavy atom. The second-order valence-electron chi connectivity index (χ2n) is 6.28. The standard InChI is InChI=1S/C21H19FN2O3S/c1-14(20(25)24(2)12-15-7-6-10-17(22)11-15)27-21(26)18-13-28-19(23-18)16-8-4-3-5-9-16/h3-11,13-14H,12H2,1-2H3. The number of ether oxygens (including phenoxy) is 1. The molecule has 0 spiro atoms. The van der Waals surface area contributed by atoms with Crippen LogP contribution in [0.4, 0.5) is 4.39 Å². The van der Waals surface area contributed by atoms with Crippen molar-refractivity contribution in [3.05, 3.63) is 77.1 Å². The number of thiazole rings is 1. The predicted octanol–water partition coefficient (Wildman–Crippen LogP) is 4.15. The summed E-state index contributed by atoms with van der Waals surface area (Å²) in [5.74, 6) is -1.40. The molecule has 1 unspecified atom stereocenters. The Bertz CT molecular complexity index is 975. The summed E-state index contributed by atoms with van der Waals surface area (Å²) in [7, 11) is 1.58. The highest BCUT2D eigenvalue weighted by atomic mass is 32.1. The van der Waals surface area contributed by atoms with Crippen molar-refractivity contribution in [2.75, 3.05) is 7.05 Å². The normalized spacial score (nSPS) is 11.7. The molecule has 0 aliphatic heterocycles. The van der Waals surface area contributed by atoms with E-state index in [9.17, 15) is 14.0 Å². The minimum absolute atomic E-state index is 0.163. The summed E-state index contributed by atoms with van der Waals surface area (Å²) in [6.07, 6.45) is -0.979. The first-order chi connectivity index (χ1) is 13.4. The van der Waals surface area contributed by atoms with E-state index in [1.165, 1.54) is 35.3 Å². The van der Waals surface area contributed by atoms with Crippen molar-refractivity contribution in [2.45, 2.75) is 19.6 Å². The quantitative estimate of drug-likeness (QED) is 0.585. The Morgan fingerprint density at radius 1 is 1.18 bits per heavy atom. The second-order valence-corrected chi connectivity index (χ2v) is 7.13. The van der Waals surface area contributed by atoms with Crippen molar-refractivity contribution < 1.29 is 18.7 Å². The van der Waals surface area contributed by atoms with Crippen LogP contribution in [0.3, 0.4) is 0 Å². The van der Waals surface area contributed by atoms with Crippen molar-refractivity contribution >= 4 is 23.2 Å². The zero-order valence-electron chi connectivity index (χ0n) is 15.5. The summed E-state index contributed by atoms with van der Waals surface area (Å²) in [6, 6.07) is 15.5. The zero-order valence-corrected chi connectivity index (χ0v) is 16.3. The van der Waals surface area contributed by atoms with Gasteiger partial charge in [-0.25, -0.2) is 14.2 Å². The SMILES string of the molecule is CC(OC(=O)c1csc(-c2ccccc2)n1)C(=O)N(C)Cc1cccc(F)c1. The molecule has 0 saturated carbocycles. The minimum atomic E-state index is -0.979. The Balaban J connectivity index is 1.60. The summed E-state index contributed by atoms with van der Waals surface area (Å²) in [5.41, 5.74) is 1.73. The molecule has 0 fully saturated rings. The van der Waals surface area contributed by atoms with E-state index >= 15 is 0 Å². The molecular formula is C21H19FN2O3S. The van der Waals surface area contributed by atoms with E-state index in [1.807, 2.05) is 30.3 Å². The van der Waals surface area contributed by atoms with Gasteiger partial charge in [0.1, 0.15) is 10.8 Å². The van der Waals surface area contributed by atoms with E-state index in [4.69, 9.17) is 4.74 Å². The van der Waals surface area contributed by atoms with Gasteiger partial charge < -0.3 is 9.64 Å². The number of nitrogens with zero attached hydrogens (tertiary/aromatic N) is 2. The fourth-order valence-corrected chi connectivity index (χ4v) is 3.45. The monoisotopic (exact) mass is 398 g/mol. The van der Waals surface area contributed by atoms with Crippen LogP contribution in [0.25, 0.3) is 10.6 Å². The highest BCUT2D eigenvalue weighted by Gasteiger charge is 2.23. The maximum absolute atomic E-state index is 13.3. The Hall–Kier alpha value is -3.06. The second kappa shape index (κ2) is 8.75. The third kappa shape index (κ3) is 4.80. The highest BCUT2D eigenvalue weighted by molar-refractivity contribution is 7.13. The summed E-state index contributed by atoms with van der Waals surface area (Å²) in [4.78, 5) is 30.5. The van der Waals surface area contributed by atoms with Gasteiger partial charge in [0.15, 0.2) is 11.8 Å². The van der Waals surface area contributed by atoms with Crippen molar-refractivity contribution in [3.63, 3.8) is 0 Å². The molecular weight excluding hydrogens is 379 g/mol. The Kier molecular flexibility index (Phi) is 6.16. The number of esters is 1. The lowest BCUT2D eigenvalue weighted by atomic mass is 10.2. The number of aromatic nitrogens is 1. The zero-order chi connectivity index (χ0) is 20.1. The van der Waals surface area contributed by atoms with E-state index in [0.717, 1.165) is 5.56 Å². The van der Waals surface area contributed by atoms with Crippen LogP contribution in [0.2, 0.25) is 0 Å². The molecule has 1 aromatic heterocycles. The first-order valence-electron chi connectivity index (χ1n) is 8.65. The topological polar surface area (TPSA) is 59.5 Å². The first-order valence-corrected chi connectivity index (χ1v) is 9.53. The molecule has 3 rings (SSSR count). The van der Waals surface area contributed by atoms with Gasteiger partial charge in [0, 0.05) is 24.5 Å². The summed E-state index contributed by atoms with van der Waals surface area (Å²) < 4.78 is 18.6. The van der Waals surface area contributed by atoms with E-state index in [-0.39, 0.29) is 24.0 Å². The van der Waals surface area contributed by atoms with Crippen LogP contribution in [0.5, 0.6) is 0 Å². The number of hydrogen-bond acceptors (Lipinski definition) is 5. The van der Waals surface area contributed by atoms with E-state index in [0.29, 0.717) is 10.6 Å². The van der Waals surface area contributed by atoms with Crippen molar-refractivity contribution in [2.24, 2.45) is 0 Å². The number of carbonyl (C=O) groups excluding carboxylic acids is 2. The van der Waals surface area contributed by atoms with Crippen LogP contribution in [0.15, 0.2) is 60.0 Å². The molecule has 1 amide bonds. The third-order valence-corrected chi connectivity index (χ3v) is 4.94. The summed E-state index contributed by atoms with van der Waals surface area (Å²) in [5, 5.41) is 2.31. The molecule has 0 bridgehead atoms. The van der Waals surface area contributed by atoms with Gasteiger partial charge in [-0.05, 0) is 24.6 Å². The van der Waals surface area contributed by atoms with Crippen LogP contribution in [0.1, 0.15) is 23.0 Å². The molecule has 5 nitrogen and oxygen atoms in total. The fraction of sp³-hybridized carbons (Fsp3) is 0.190. The molecule has 0 radical (unpaired) electrons. The van der Waals surface area contributed by atoms with Crippen LogP contribution in [-0.4, -0.2) is 34.9 Å². The molecule has 0 aliphatic carbocycles. The fourth-order valence-electron chi connectivity index (χ4n) is 2.65. The molecule has 1 heterocycles. The summed E-state index contributed by atoms with van der Waals surface area (Å²) in [6.45, 7) is 1.72. The Labute approximate surface area is 166 Å². The molecule has 0 N–H and O–H groups in total. The minimum Gasteiger partial charge on any atom is -0.448 e. The lowest BCUT2D eigenvalue weighted by Gasteiger charge is -2.21. The number of halogens is 1. The van der Waals surface area contributed by atoms with Gasteiger partial charge in [0.2, 0.25) is 0 Å². The number of likely N-dealkylation sites (N-methyl/N-ethyl adjacent to an activating group) is 1. The van der Waals surface area contributed by atoms with E-state index in [2.05, 4.69) is 4.98 Å². The average molecular weight is 398 g/mol. The lowest BCUT2D eigenvalue weighted by Crippen LogP contribution is -2.37.